The molecule has 1 aromatic rings. The molecule has 0 aromatic carbocycles. The third-order valence-electron chi connectivity index (χ3n) is 2.99. The Kier molecular flexibility index (Phi) is 2.49. The second-order valence-corrected chi connectivity index (χ2v) is 6.24. The lowest BCUT2D eigenvalue weighted by molar-refractivity contribution is -0.148. The zero-order chi connectivity index (χ0) is 11.8. The largest absolute Gasteiger partial charge is 0.479 e. The predicted octanol–water partition coefficient (Wildman–Crippen LogP) is -0.128. The van der Waals surface area contributed by atoms with Gasteiger partial charge in [0.1, 0.15) is 0 Å². The second kappa shape index (κ2) is 3.58. The van der Waals surface area contributed by atoms with Crippen molar-refractivity contribution in [1.29, 1.82) is 0 Å². The van der Waals surface area contributed by atoms with Crippen LogP contribution in [0, 0.1) is 0 Å². The summed E-state index contributed by atoms with van der Waals surface area (Å²) in [5.74, 6) is -1.22. The Morgan fingerprint density at radius 2 is 2.00 bits per heavy atom. The van der Waals surface area contributed by atoms with Crippen molar-refractivity contribution in [1.82, 2.24) is 9.78 Å². The highest BCUT2D eigenvalue weighted by Crippen LogP contribution is 2.30. The standard InChI is InChI=1S/C9H12N2O4S/c12-8(13)9(11-5-1-4-10-11)2-6-16(14,15)7-3-9/h1,4-5H,2-3,6-7H2,(H,12,13). The van der Waals surface area contributed by atoms with E-state index in [0.29, 0.717) is 0 Å². The molecule has 7 heteroatoms. The smallest absolute Gasteiger partial charge is 0.331 e. The van der Waals surface area contributed by atoms with Gasteiger partial charge in [0.05, 0.1) is 11.5 Å². The van der Waals surface area contributed by atoms with Gasteiger partial charge in [-0.15, -0.1) is 0 Å². The molecule has 16 heavy (non-hydrogen) atoms. The van der Waals surface area contributed by atoms with E-state index in [0.717, 1.165) is 0 Å². The monoisotopic (exact) mass is 244 g/mol. The minimum Gasteiger partial charge on any atom is -0.479 e. The summed E-state index contributed by atoms with van der Waals surface area (Å²) in [6.07, 6.45) is 3.21. The summed E-state index contributed by atoms with van der Waals surface area (Å²) in [5.41, 5.74) is -1.20. The maximum absolute atomic E-state index is 11.3. The molecule has 2 rings (SSSR count). The molecule has 1 N–H and O–H groups in total. The molecule has 0 aliphatic carbocycles. The van der Waals surface area contributed by atoms with Crippen LogP contribution in [0.3, 0.4) is 0 Å². The highest BCUT2D eigenvalue weighted by Gasteiger charge is 2.45. The van der Waals surface area contributed by atoms with Gasteiger partial charge in [-0.25, -0.2) is 13.2 Å². The van der Waals surface area contributed by atoms with Crippen molar-refractivity contribution in [3.8, 4) is 0 Å². The summed E-state index contributed by atoms with van der Waals surface area (Å²) in [4.78, 5) is 11.3. The van der Waals surface area contributed by atoms with Crippen molar-refractivity contribution in [3.63, 3.8) is 0 Å². The molecule has 0 unspecified atom stereocenters. The number of aromatic nitrogens is 2. The summed E-state index contributed by atoms with van der Waals surface area (Å²) in [5, 5.41) is 13.2. The minimum atomic E-state index is -3.08. The van der Waals surface area contributed by atoms with E-state index < -0.39 is 21.3 Å². The maximum Gasteiger partial charge on any atom is 0.331 e. The van der Waals surface area contributed by atoms with E-state index in [1.54, 1.807) is 12.3 Å². The van der Waals surface area contributed by atoms with Crippen LogP contribution in [0.4, 0.5) is 0 Å². The Hall–Kier alpha value is -1.37. The molecular formula is C9H12N2O4S. The number of carbonyl (C=O) groups is 1. The molecule has 1 fully saturated rings. The Labute approximate surface area is 92.8 Å². The van der Waals surface area contributed by atoms with Crippen LogP contribution in [0.5, 0.6) is 0 Å². The van der Waals surface area contributed by atoms with Gasteiger partial charge < -0.3 is 5.11 Å². The fraction of sp³-hybridized carbons (Fsp3) is 0.556. The molecule has 2 heterocycles. The van der Waals surface area contributed by atoms with Gasteiger partial charge in [0.25, 0.3) is 0 Å². The van der Waals surface area contributed by atoms with Gasteiger partial charge in [0.2, 0.25) is 0 Å². The van der Waals surface area contributed by atoms with Crippen LogP contribution in [0.2, 0.25) is 0 Å². The molecular weight excluding hydrogens is 232 g/mol. The molecule has 1 saturated heterocycles. The molecule has 1 aliphatic rings. The normalized spacial score (nSPS) is 22.8. The summed E-state index contributed by atoms with van der Waals surface area (Å²) in [6, 6.07) is 1.63. The lowest BCUT2D eigenvalue weighted by atomic mass is 9.93. The molecule has 6 nitrogen and oxygen atoms in total. The quantitative estimate of drug-likeness (QED) is 0.782. The van der Waals surface area contributed by atoms with E-state index in [1.807, 2.05) is 0 Å². The number of rotatable bonds is 2. The lowest BCUT2D eigenvalue weighted by Gasteiger charge is -2.33. The molecule has 0 radical (unpaired) electrons. The van der Waals surface area contributed by atoms with E-state index >= 15 is 0 Å². The average Bonchev–Trinajstić information content (AvgIpc) is 2.71. The predicted molar refractivity (Wildman–Crippen MR) is 55.7 cm³/mol. The van der Waals surface area contributed by atoms with Gasteiger partial charge in [-0.2, -0.15) is 5.10 Å². The first kappa shape index (κ1) is 11.1. The first-order valence-corrected chi connectivity index (χ1v) is 6.72. The molecule has 0 atom stereocenters. The molecule has 0 amide bonds. The Morgan fingerprint density at radius 1 is 1.38 bits per heavy atom. The lowest BCUT2D eigenvalue weighted by Crippen LogP contribution is -2.48. The van der Waals surface area contributed by atoms with Crippen molar-refractivity contribution in [2.24, 2.45) is 0 Å². The maximum atomic E-state index is 11.3. The summed E-state index contributed by atoms with van der Waals surface area (Å²) >= 11 is 0. The Bertz CT molecular complexity index is 478. The van der Waals surface area contributed by atoms with Crippen LogP contribution in [-0.4, -0.2) is 40.8 Å². The molecule has 88 valence electrons. The highest BCUT2D eigenvalue weighted by atomic mass is 32.2. The Balaban J connectivity index is 2.37. The van der Waals surface area contributed by atoms with E-state index in [2.05, 4.69) is 5.10 Å². The first-order valence-electron chi connectivity index (χ1n) is 4.90. The Morgan fingerprint density at radius 3 is 2.44 bits per heavy atom. The summed E-state index contributed by atoms with van der Waals surface area (Å²) in [6.45, 7) is 0. The van der Waals surface area contributed by atoms with Crippen molar-refractivity contribution < 1.29 is 18.3 Å². The van der Waals surface area contributed by atoms with Gasteiger partial charge in [-0.3, -0.25) is 4.68 Å². The zero-order valence-electron chi connectivity index (χ0n) is 8.54. The summed E-state index contributed by atoms with van der Waals surface area (Å²) < 4.78 is 24.0. The number of carboxylic acids is 1. The SMILES string of the molecule is O=C(O)C1(n2cccn2)CCS(=O)(=O)CC1. The van der Waals surface area contributed by atoms with Crippen LogP contribution in [0.25, 0.3) is 0 Å². The minimum absolute atomic E-state index is 0.0757. The van der Waals surface area contributed by atoms with E-state index in [4.69, 9.17) is 0 Å². The molecule has 0 spiro atoms. The number of hydrogen-bond donors (Lipinski definition) is 1. The number of sulfone groups is 1. The fourth-order valence-corrected chi connectivity index (χ4v) is 3.44. The fourth-order valence-electron chi connectivity index (χ4n) is 1.94. The van der Waals surface area contributed by atoms with Gasteiger partial charge in [-0.05, 0) is 18.9 Å². The van der Waals surface area contributed by atoms with Crippen LogP contribution in [-0.2, 0) is 20.2 Å². The van der Waals surface area contributed by atoms with Crippen molar-refractivity contribution in [2.75, 3.05) is 11.5 Å². The molecule has 0 saturated carbocycles. The van der Waals surface area contributed by atoms with Crippen LogP contribution in [0.15, 0.2) is 18.5 Å². The van der Waals surface area contributed by atoms with E-state index in [-0.39, 0.29) is 24.3 Å². The van der Waals surface area contributed by atoms with E-state index in [9.17, 15) is 18.3 Å². The first-order chi connectivity index (χ1) is 7.46. The average molecular weight is 244 g/mol. The van der Waals surface area contributed by atoms with Crippen molar-refractivity contribution in [2.45, 2.75) is 18.4 Å². The third-order valence-corrected chi connectivity index (χ3v) is 4.65. The van der Waals surface area contributed by atoms with Gasteiger partial charge >= 0.3 is 5.97 Å². The number of nitrogens with zero attached hydrogens (tertiary/aromatic N) is 2. The molecule has 1 aliphatic heterocycles. The number of carboxylic acid groups (broad SMARTS) is 1. The van der Waals surface area contributed by atoms with E-state index in [1.165, 1.54) is 10.9 Å². The van der Waals surface area contributed by atoms with Crippen LogP contribution >= 0.6 is 0 Å². The van der Waals surface area contributed by atoms with Gasteiger partial charge in [-0.1, -0.05) is 0 Å². The van der Waals surface area contributed by atoms with Gasteiger partial charge in [0, 0.05) is 12.4 Å². The number of aliphatic carboxylic acids is 1. The second-order valence-electron chi connectivity index (χ2n) is 3.94. The molecule has 0 bridgehead atoms. The van der Waals surface area contributed by atoms with Crippen molar-refractivity contribution in [3.05, 3.63) is 18.5 Å². The van der Waals surface area contributed by atoms with Crippen molar-refractivity contribution >= 4 is 15.8 Å². The van der Waals surface area contributed by atoms with Crippen LogP contribution < -0.4 is 0 Å². The summed E-state index contributed by atoms with van der Waals surface area (Å²) in [7, 11) is -3.08. The highest BCUT2D eigenvalue weighted by molar-refractivity contribution is 7.91. The van der Waals surface area contributed by atoms with Crippen LogP contribution in [0.1, 0.15) is 12.8 Å². The zero-order valence-corrected chi connectivity index (χ0v) is 9.35. The van der Waals surface area contributed by atoms with Gasteiger partial charge in [0.15, 0.2) is 15.4 Å². The third kappa shape index (κ3) is 1.71. The number of hydrogen-bond acceptors (Lipinski definition) is 4. The molecule has 1 aromatic heterocycles. The topological polar surface area (TPSA) is 89.3 Å².